The van der Waals surface area contributed by atoms with Crippen LogP contribution in [0.1, 0.15) is 20.8 Å². The van der Waals surface area contributed by atoms with Gasteiger partial charge < -0.3 is 15.6 Å². The Bertz CT molecular complexity index is 501. The summed E-state index contributed by atoms with van der Waals surface area (Å²) in [6.07, 6.45) is 0. The molecule has 4 heteroatoms. The molecule has 0 spiro atoms. The first-order valence-corrected chi connectivity index (χ1v) is 6.10. The summed E-state index contributed by atoms with van der Waals surface area (Å²) < 4.78 is 0. The highest BCUT2D eigenvalue weighted by Crippen LogP contribution is 2.20. The van der Waals surface area contributed by atoms with Gasteiger partial charge >= 0.3 is 0 Å². The number of benzene rings is 1. The Labute approximate surface area is 102 Å². The average molecular weight is 232 g/mol. The fourth-order valence-electron chi connectivity index (χ4n) is 1.97. The van der Waals surface area contributed by atoms with Crippen LogP contribution in [-0.2, 0) is 0 Å². The quantitative estimate of drug-likeness (QED) is 0.797. The molecule has 0 saturated carbocycles. The Morgan fingerprint density at radius 3 is 2.82 bits per heavy atom. The fraction of sp³-hybridized carbons (Fsp3) is 0.462. The van der Waals surface area contributed by atoms with Gasteiger partial charge in [0.15, 0.2) is 0 Å². The molecule has 0 aliphatic heterocycles. The van der Waals surface area contributed by atoms with Crippen molar-refractivity contribution >= 4 is 22.7 Å². The van der Waals surface area contributed by atoms with Crippen molar-refractivity contribution in [3.8, 4) is 0 Å². The van der Waals surface area contributed by atoms with Crippen LogP contribution in [0.2, 0.25) is 0 Å². The van der Waals surface area contributed by atoms with Crippen molar-refractivity contribution in [3.63, 3.8) is 0 Å². The number of nitrogen functional groups attached to an aromatic ring is 1. The Kier molecular flexibility index (Phi) is 3.22. The van der Waals surface area contributed by atoms with Crippen LogP contribution in [0, 0.1) is 5.92 Å². The number of hydrogen-bond donors (Lipinski definition) is 2. The van der Waals surface area contributed by atoms with Crippen LogP contribution in [-0.4, -0.2) is 23.1 Å². The molecule has 0 bridgehead atoms. The highest BCUT2D eigenvalue weighted by molar-refractivity contribution is 5.80. The number of hydrogen-bond acceptors (Lipinski definition) is 3. The molecule has 0 radical (unpaired) electrons. The minimum absolute atomic E-state index is 0.619. The van der Waals surface area contributed by atoms with E-state index >= 15 is 0 Å². The first-order valence-electron chi connectivity index (χ1n) is 6.10. The third-order valence-electron chi connectivity index (χ3n) is 2.76. The van der Waals surface area contributed by atoms with Gasteiger partial charge in [0.05, 0.1) is 11.0 Å². The van der Waals surface area contributed by atoms with E-state index in [-0.39, 0.29) is 0 Å². The van der Waals surface area contributed by atoms with Gasteiger partial charge in [-0.1, -0.05) is 13.8 Å². The van der Waals surface area contributed by atoms with Gasteiger partial charge in [-0.2, -0.15) is 0 Å². The molecule has 1 aromatic heterocycles. The number of H-pyrrole nitrogens is 1. The van der Waals surface area contributed by atoms with Gasteiger partial charge in [-0.25, -0.2) is 4.98 Å². The summed E-state index contributed by atoms with van der Waals surface area (Å²) in [4.78, 5) is 10.2. The van der Waals surface area contributed by atoms with Gasteiger partial charge in [0, 0.05) is 18.8 Å². The molecule has 0 atom stereocenters. The maximum absolute atomic E-state index is 5.76. The topological polar surface area (TPSA) is 57.9 Å². The summed E-state index contributed by atoms with van der Waals surface area (Å²) in [7, 11) is 0. The van der Waals surface area contributed by atoms with Crippen LogP contribution in [0.4, 0.5) is 11.6 Å². The number of nitrogens with two attached hydrogens (primary N) is 1. The van der Waals surface area contributed by atoms with Gasteiger partial charge in [0.2, 0.25) is 5.95 Å². The van der Waals surface area contributed by atoms with E-state index in [9.17, 15) is 0 Å². The Hall–Kier alpha value is -1.71. The van der Waals surface area contributed by atoms with Crippen LogP contribution < -0.4 is 10.6 Å². The minimum Gasteiger partial charge on any atom is -0.399 e. The van der Waals surface area contributed by atoms with E-state index in [1.807, 2.05) is 18.2 Å². The summed E-state index contributed by atoms with van der Waals surface area (Å²) in [5.74, 6) is 1.55. The highest BCUT2D eigenvalue weighted by Gasteiger charge is 2.11. The smallest absolute Gasteiger partial charge is 0.203 e. The summed E-state index contributed by atoms with van der Waals surface area (Å²) in [5.41, 5.74) is 8.50. The fourth-order valence-corrected chi connectivity index (χ4v) is 1.97. The number of imidazole rings is 1. The maximum atomic E-state index is 5.76. The lowest BCUT2D eigenvalue weighted by Gasteiger charge is -2.21. The zero-order valence-electron chi connectivity index (χ0n) is 10.7. The van der Waals surface area contributed by atoms with E-state index in [4.69, 9.17) is 5.73 Å². The third kappa shape index (κ3) is 2.52. The molecule has 0 aliphatic rings. The van der Waals surface area contributed by atoms with Crippen LogP contribution in [0.15, 0.2) is 18.2 Å². The second-order valence-electron chi connectivity index (χ2n) is 4.77. The van der Waals surface area contributed by atoms with Crippen molar-refractivity contribution in [2.75, 3.05) is 23.7 Å². The van der Waals surface area contributed by atoms with Crippen molar-refractivity contribution in [3.05, 3.63) is 18.2 Å². The zero-order valence-corrected chi connectivity index (χ0v) is 10.7. The van der Waals surface area contributed by atoms with Crippen LogP contribution in [0.25, 0.3) is 11.0 Å². The predicted octanol–water partition coefficient (Wildman–Crippen LogP) is 2.63. The molecule has 0 amide bonds. The van der Waals surface area contributed by atoms with Gasteiger partial charge in [-0.05, 0) is 31.0 Å². The van der Waals surface area contributed by atoms with E-state index in [0.717, 1.165) is 35.8 Å². The lowest BCUT2D eigenvalue weighted by Crippen LogP contribution is -2.28. The van der Waals surface area contributed by atoms with E-state index in [0.29, 0.717) is 5.92 Å². The van der Waals surface area contributed by atoms with E-state index in [2.05, 4.69) is 35.6 Å². The first-order chi connectivity index (χ1) is 8.10. The molecular weight excluding hydrogens is 212 g/mol. The predicted molar refractivity (Wildman–Crippen MR) is 73.2 cm³/mol. The second-order valence-corrected chi connectivity index (χ2v) is 4.77. The average Bonchev–Trinajstić information content (AvgIpc) is 2.68. The number of aromatic nitrogens is 2. The Morgan fingerprint density at radius 2 is 2.18 bits per heavy atom. The van der Waals surface area contributed by atoms with E-state index < -0.39 is 0 Å². The van der Waals surface area contributed by atoms with Gasteiger partial charge in [-0.3, -0.25) is 0 Å². The van der Waals surface area contributed by atoms with Gasteiger partial charge in [0.1, 0.15) is 0 Å². The standard InChI is InChI=1S/C13H20N4/c1-4-17(8-9(2)3)13-15-11-6-5-10(14)7-12(11)16-13/h5-7,9H,4,8,14H2,1-3H3,(H,15,16). The highest BCUT2D eigenvalue weighted by atomic mass is 15.3. The van der Waals surface area contributed by atoms with E-state index in [1.165, 1.54) is 0 Å². The molecule has 1 aromatic carbocycles. The SMILES string of the molecule is CCN(CC(C)C)c1nc2ccc(N)cc2[nH]1. The molecule has 0 unspecified atom stereocenters. The van der Waals surface area contributed by atoms with Crippen molar-refractivity contribution in [1.82, 2.24) is 9.97 Å². The molecule has 3 N–H and O–H groups in total. The number of nitrogens with one attached hydrogen (secondary N) is 1. The van der Waals surface area contributed by atoms with Crippen LogP contribution in [0.5, 0.6) is 0 Å². The van der Waals surface area contributed by atoms with Gasteiger partial charge in [0.25, 0.3) is 0 Å². The number of fused-ring (bicyclic) bond motifs is 1. The monoisotopic (exact) mass is 232 g/mol. The largest absolute Gasteiger partial charge is 0.399 e. The zero-order chi connectivity index (χ0) is 12.4. The van der Waals surface area contributed by atoms with Crippen LogP contribution >= 0.6 is 0 Å². The molecule has 1 heterocycles. The summed E-state index contributed by atoms with van der Waals surface area (Å²) >= 11 is 0. The van der Waals surface area contributed by atoms with E-state index in [1.54, 1.807) is 0 Å². The molecule has 4 nitrogen and oxygen atoms in total. The lowest BCUT2D eigenvalue weighted by atomic mass is 10.2. The number of rotatable bonds is 4. The number of nitrogens with zero attached hydrogens (tertiary/aromatic N) is 2. The molecule has 0 saturated heterocycles. The van der Waals surface area contributed by atoms with Gasteiger partial charge in [-0.15, -0.1) is 0 Å². The first kappa shape index (κ1) is 11.8. The van der Waals surface area contributed by atoms with Crippen molar-refractivity contribution in [2.24, 2.45) is 5.92 Å². The lowest BCUT2D eigenvalue weighted by molar-refractivity contribution is 0.611. The summed E-state index contributed by atoms with van der Waals surface area (Å²) in [6.45, 7) is 8.52. The van der Waals surface area contributed by atoms with Crippen molar-refractivity contribution < 1.29 is 0 Å². The molecule has 0 fully saturated rings. The molecular formula is C13H20N4. The maximum Gasteiger partial charge on any atom is 0.203 e. The Morgan fingerprint density at radius 1 is 1.41 bits per heavy atom. The molecule has 0 aliphatic carbocycles. The van der Waals surface area contributed by atoms with Crippen molar-refractivity contribution in [1.29, 1.82) is 0 Å². The molecule has 2 rings (SSSR count). The normalized spacial score (nSPS) is 11.3. The summed E-state index contributed by atoms with van der Waals surface area (Å²) in [6, 6.07) is 5.76. The number of anilines is 2. The molecule has 92 valence electrons. The molecule has 2 aromatic rings. The minimum atomic E-state index is 0.619. The third-order valence-corrected chi connectivity index (χ3v) is 2.76. The summed E-state index contributed by atoms with van der Waals surface area (Å²) in [5, 5.41) is 0. The van der Waals surface area contributed by atoms with Crippen LogP contribution in [0.3, 0.4) is 0 Å². The molecule has 17 heavy (non-hydrogen) atoms. The van der Waals surface area contributed by atoms with Crippen molar-refractivity contribution in [2.45, 2.75) is 20.8 Å². The Balaban J connectivity index is 2.34. The number of aromatic amines is 1. The second kappa shape index (κ2) is 4.65.